The van der Waals surface area contributed by atoms with Gasteiger partial charge < -0.3 is 9.84 Å². The molecule has 0 aliphatic carbocycles. The van der Waals surface area contributed by atoms with Crippen molar-refractivity contribution in [2.24, 2.45) is 0 Å². The first-order valence-corrected chi connectivity index (χ1v) is 6.80. The van der Waals surface area contributed by atoms with Crippen molar-refractivity contribution in [1.29, 1.82) is 5.26 Å². The molecule has 0 radical (unpaired) electrons. The van der Waals surface area contributed by atoms with Crippen molar-refractivity contribution < 1.29 is 14.6 Å². The zero-order valence-electron chi connectivity index (χ0n) is 10.6. The summed E-state index contributed by atoms with van der Waals surface area (Å²) in [6.07, 6.45) is 0. The first-order chi connectivity index (χ1) is 9.51. The zero-order chi connectivity index (χ0) is 14.7. The minimum absolute atomic E-state index is 0.172. The summed E-state index contributed by atoms with van der Waals surface area (Å²) in [7, 11) is 0. The Bertz CT molecular complexity index is 720. The summed E-state index contributed by atoms with van der Waals surface area (Å²) in [5, 5.41) is 17.9. The van der Waals surface area contributed by atoms with Crippen LogP contribution in [0.2, 0.25) is 0 Å². The Morgan fingerprint density at radius 2 is 2.05 bits per heavy atom. The molecule has 4 nitrogen and oxygen atoms in total. The van der Waals surface area contributed by atoms with Crippen LogP contribution in [0.4, 0.5) is 0 Å². The number of benzene rings is 2. The number of hydrogen-bond acceptors (Lipinski definition) is 3. The van der Waals surface area contributed by atoms with Crippen LogP contribution in [0.1, 0.15) is 21.5 Å². The van der Waals surface area contributed by atoms with Crippen molar-refractivity contribution in [2.45, 2.75) is 6.92 Å². The lowest BCUT2D eigenvalue weighted by molar-refractivity contribution is 0.0696. The fourth-order valence-electron chi connectivity index (χ4n) is 1.67. The Morgan fingerprint density at radius 3 is 2.65 bits per heavy atom. The fourth-order valence-corrected chi connectivity index (χ4v) is 2.11. The number of carbonyl (C=O) groups is 1. The van der Waals surface area contributed by atoms with Gasteiger partial charge in [-0.05, 0) is 71.5 Å². The molecule has 0 saturated carbocycles. The minimum atomic E-state index is -0.998. The van der Waals surface area contributed by atoms with E-state index < -0.39 is 5.97 Å². The number of hydrogen-bond donors (Lipinski definition) is 1. The number of halogens is 1. The van der Waals surface area contributed by atoms with E-state index in [0.29, 0.717) is 17.1 Å². The van der Waals surface area contributed by atoms with Crippen LogP contribution in [-0.4, -0.2) is 11.1 Å². The van der Waals surface area contributed by atoms with Gasteiger partial charge in [0.05, 0.1) is 20.8 Å². The van der Waals surface area contributed by atoms with Crippen molar-refractivity contribution >= 4 is 28.6 Å². The molecule has 0 aromatic heterocycles. The Hall–Kier alpha value is -2.07. The van der Waals surface area contributed by atoms with E-state index in [1.807, 2.05) is 6.92 Å². The highest BCUT2D eigenvalue weighted by atomic mass is 127. The molecule has 0 bridgehead atoms. The number of ether oxygens (including phenoxy) is 1. The summed E-state index contributed by atoms with van der Waals surface area (Å²) >= 11 is 2.08. The molecule has 0 aliphatic rings. The van der Waals surface area contributed by atoms with Gasteiger partial charge in [-0.3, -0.25) is 0 Å². The van der Waals surface area contributed by atoms with E-state index in [4.69, 9.17) is 15.1 Å². The lowest BCUT2D eigenvalue weighted by Gasteiger charge is -2.09. The number of carboxylic acids is 1. The van der Waals surface area contributed by atoms with E-state index in [1.54, 1.807) is 24.3 Å². The molecule has 0 aliphatic heterocycles. The van der Waals surface area contributed by atoms with Crippen LogP contribution in [0.5, 0.6) is 11.5 Å². The smallest absolute Gasteiger partial charge is 0.335 e. The van der Waals surface area contributed by atoms with Gasteiger partial charge in [-0.15, -0.1) is 0 Å². The van der Waals surface area contributed by atoms with Crippen LogP contribution < -0.4 is 4.74 Å². The highest BCUT2D eigenvalue weighted by Crippen LogP contribution is 2.29. The Morgan fingerprint density at radius 1 is 1.30 bits per heavy atom. The zero-order valence-corrected chi connectivity index (χ0v) is 12.7. The monoisotopic (exact) mass is 379 g/mol. The largest absolute Gasteiger partial charge is 0.478 e. The maximum Gasteiger partial charge on any atom is 0.335 e. The molecule has 100 valence electrons. The minimum Gasteiger partial charge on any atom is -0.478 e. The summed E-state index contributed by atoms with van der Waals surface area (Å²) in [5.74, 6) is 0.0545. The molecule has 2 aromatic rings. The molecule has 5 heteroatoms. The second kappa shape index (κ2) is 5.92. The van der Waals surface area contributed by atoms with Crippen LogP contribution in [-0.2, 0) is 0 Å². The second-order valence-corrected chi connectivity index (χ2v) is 5.30. The summed E-state index contributed by atoms with van der Waals surface area (Å²) in [6, 6.07) is 11.9. The van der Waals surface area contributed by atoms with E-state index in [2.05, 4.69) is 28.7 Å². The van der Waals surface area contributed by atoms with Gasteiger partial charge in [-0.1, -0.05) is 0 Å². The molecule has 0 unspecified atom stereocenters. The summed E-state index contributed by atoms with van der Waals surface area (Å²) in [6.45, 7) is 1.82. The molecule has 0 saturated heterocycles. The number of nitrogens with zero attached hydrogens (tertiary/aromatic N) is 1. The highest BCUT2D eigenvalue weighted by Gasteiger charge is 2.09. The third kappa shape index (κ3) is 3.08. The quantitative estimate of drug-likeness (QED) is 0.820. The number of nitriles is 1. The first kappa shape index (κ1) is 14.3. The molecular formula is C15H10INO3. The molecule has 2 aromatic carbocycles. The molecule has 0 fully saturated rings. The van der Waals surface area contributed by atoms with E-state index in [9.17, 15) is 4.79 Å². The van der Waals surface area contributed by atoms with Crippen molar-refractivity contribution in [3.63, 3.8) is 0 Å². The standard InChI is InChI=1S/C15H10INO3/c1-9-6-12(4-2-11(9)8-17)20-14-7-10(15(18)19)3-5-13(14)16/h2-7H,1H3,(H,18,19). The lowest BCUT2D eigenvalue weighted by Crippen LogP contribution is -1.98. The Kier molecular flexibility index (Phi) is 4.25. The van der Waals surface area contributed by atoms with Gasteiger partial charge in [-0.25, -0.2) is 4.79 Å². The molecule has 1 N–H and O–H groups in total. The Balaban J connectivity index is 2.35. The SMILES string of the molecule is Cc1cc(Oc2cc(C(=O)O)ccc2I)ccc1C#N. The number of rotatable bonds is 3. The van der Waals surface area contributed by atoms with Crippen molar-refractivity contribution in [2.75, 3.05) is 0 Å². The highest BCUT2D eigenvalue weighted by molar-refractivity contribution is 14.1. The van der Waals surface area contributed by atoms with Gasteiger partial charge in [0.15, 0.2) is 0 Å². The summed E-state index contributed by atoms with van der Waals surface area (Å²) < 4.78 is 6.51. The third-order valence-electron chi connectivity index (χ3n) is 2.72. The van der Waals surface area contributed by atoms with Gasteiger partial charge in [-0.2, -0.15) is 5.26 Å². The van der Waals surface area contributed by atoms with Gasteiger partial charge in [0.25, 0.3) is 0 Å². The predicted octanol–water partition coefficient (Wildman–Crippen LogP) is 3.96. The van der Waals surface area contributed by atoms with Crippen LogP contribution in [0, 0.1) is 21.8 Å². The van der Waals surface area contributed by atoms with Gasteiger partial charge in [0.1, 0.15) is 11.5 Å². The average molecular weight is 379 g/mol. The van der Waals surface area contributed by atoms with Crippen molar-refractivity contribution in [3.05, 3.63) is 56.7 Å². The predicted molar refractivity (Wildman–Crippen MR) is 82.1 cm³/mol. The van der Waals surface area contributed by atoms with E-state index >= 15 is 0 Å². The first-order valence-electron chi connectivity index (χ1n) is 5.72. The van der Waals surface area contributed by atoms with Crippen LogP contribution in [0.15, 0.2) is 36.4 Å². The molecule has 0 spiro atoms. The van der Waals surface area contributed by atoms with E-state index in [0.717, 1.165) is 9.13 Å². The van der Waals surface area contributed by atoms with E-state index in [1.165, 1.54) is 12.1 Å². The molecule has 0 atom stereocenters. The van der Waals surface area contributed by atoms with Crippen molar-refractivity contribution in [3.8, 4) is 17.6 Å². The second-order valence-electron chi connectivity index (χ2n) is 4.14. The van der Waals surface area contributed by atoms with Crippen LogP contribution >= 0.6 is 22.6 Å². The summed E-state index contributed by atoms with van der Waals surface area (Å²) in [4.78, 5) is 11.0. The maximum absolute atomic E-state index is 11.0. The number of carboxylic acid groups (broad SMARTS) is 1. The van der Waals surface area contributed by atoms with Crippen LogP contribution in [0.25, 0.3) is 0 Å². The molecular weight excluding hydrogens is 369 g/mol. The Labute approximate surface area is 129 Å². The molecule has 0 heterocycles. The van der Waals surface area contributed by atoms with Crippen LogP contribution in [0.3, 0.4) is 0 Å². The number of aryl methyl sites for hydroxylation is 1. The van der Waals surface area contributed by atoms with Crippen molar-refractivity contribution in [1.82, 2.24) is 0 Å². The number of aromatic carboxylic acids is 1. The normalized spacial score (nSPS) is 9.85. The molecule has 0 amide bonds. The van der Waals surface area contributed by atoms with Gasteiger partial charge >= 0.3 is 5.97 Å². The fraction of sp³-hybridized carbons (Fsp3) is 0.0667. The lowest BCUT2D eigenvalue weighted by atomic mass is 10.1. The van der Waals surface area contributed by atoms with Gasteiger partial charge in [0, 0.05) is 0 Å². The molecule has 20 heavy (non-hydrogen) atoms. The topological polar surface area (TPSA) is 70.3 Å². The third-order valence-corrected chi connectivity index (χ3v) is 3.62. The average Bonchev–Trinajstić information content (AvgIpc) is 2.41. The summed E-state index contributed by atoms with van der Waals surface area (Å²) in [5.41, 5.74) is 1.58. The van der Waals surface area contributed by atoms with E-state index in [-0.39, 0.29) is 5.56 Å². The van der Waals surface area contributed by atoms with Gasteiger partial charge in [0.2, 0.25) is 0 Å². The molecule has 2 rings (SSSR count). The maximum atomic E-state index is 11.0.